The summed E-state index contributed by atoms with van der Waals surface area (Å²) in [6.07, 6.45) is 3.68. The highest BCUT2D eigenvalue weighted by molar-refractivity contribution is 6.20. The Hall–Kier alpha value is -2.16. The Morgan fingerprint density at radius 3 is 2.21 bits per heavy atom. The average molecular weight is 326 g/mol. The molecule has 3 rings (SSSR count). The normalized spacial score (nSPS) is 23.8. The molecule has 126 valence electrons. The topological polar surface area (TPSA) is 49.9 Å². The number of piperidine rings is 1. The van der Waals surface area contributed by atoms with Crippen molar-refractivity contribution < 1.29 is 14.4 Å². The Morgan fingerprint density at radius 1 is 1.04 bits per heavy atom. The zero-order valence-electron chi connectivity index (χ0n) is 14.1. The zero-order valence-corrected chi connectivity index (χ0v) is 14.1. The highest BCUT2D eigenvalue weighted by Gasteiger charge is 2.36. The molecule has 2 heterocycles. The van der Waals surface area contributed by atoms with Crippen LogP contribution in [-0.2, 0) is 4.84 Å². The van der Waals surface area contributed by atoms with Crippen LogP contribution in [0.4, 0.5) is 0 Å². The van der Waals surface area contributed by atoms with Crippen molar-refractivity contribution in [1.29, 1.82) is 0 Å². The van der Waals surface area contributed by atoms with Crippen LogP contribution in [0, 0.1) is 11.8 Å². The summed E-state index contributed by atoms with van der Waals surface area (Å²) in [5, 5.41) is 0.811. The van der Waals surface area contributed by atoms with Gasteiger partial charge >= 0.3 is 0 Å². The van der Waals surface area contributed by atoms with Crippen LogP contribution in [0.1, 0.15) is 53.8 Å². The quantitative estimate of drug-likeness (QED) is 0.632. The number of carbonyl (C=O) groups excluding carboxylic acids is 2. The minimum atomic E-state index is -0.421. The molecule has 0 spiro atoms. The fraction of sp³-hybridized carbons (Fsp3) is 0.474. The van der Waals surface area contributed by atoms with Crippen molar-refractivity contribution in [1.82, 2.24) is 9.96 Å². The van der Waals surface area contributed by atoms with Crippen molar-refractivity contribution in [2.45, 2.75) is 45.2 Å². The van der Waals surface area contributed by atoms with Gasteiger partial charge in [0, 0.05) is 12.1 Å². The number of fused-ring (bicyclic) bond motifs is 1. The van der Waals surface area contributed by atoms with E-state index in [1.165, 1.54) is 19.3 Å². The van der Waals surface area contributed by atoms with Gasteiger partial charge in [-0.1, -0.05) is 30.4 Å². The number of carbonyl (C=O) groups is 2. The van der Waals surface area contributed by atoms with Gasteiger partial charge < -0.3 is 0 Å². The van der Waals surface area contributed by atoms with Crippen LogP contribution in [0.5, 0.6) is 0 Å². The van der Waals surface area contributed by atoms with E-state index >= 15 is 0 Å². The summed E-state index contributed by atoms with van der Waals surface area (Å²) in [6.45, 7) is 5.18. The van der Waals surface area contributed by atoms with Gasteiger partial charge in [-0.05, 0) is 38.8 Å². The van der Waals surface area contributed by atoms with Gasteiger partial charge in [-0.15, -0.1) is 5.06 Å². The molecule has 0 N–H and O–H groups in total. The molecule has 0 aromatic heterocycles. The summed E-state index contributed by atoms with van der Waals surface area (Å²) in [5.74, 6) is 5.16. The third-order valence-corrected chi connectivity index (χ3v) is 4.79. The molecule has 1 aromatic carbocycles. The number of hydrogen-bond donors (Lipinski definition) is 0. The van der Waals surface area contributed by atoms with Crippen LogP contribution in [0.2, 0.25) is 0 Å². The van der Waals surface area contributed by atoms with Crippen LogP contribution in [0.25, 0.3) is 0 Å². The molecule has 0 bridgehead atoms. The van der Waals surface area contributed by atoms with Crippen molar-refractivity contribution in [3.63, 3.8) is 0 Å². The van der Waals surface area contributed by atoms with Crippen LogP contribution in [0.15, 0.2) is 24.3 Å². The smallest absolute Gasteiger partial charge is 0.285 e. The van der Waals surface area contributed by atoms with Gasteiger partial charge in [-0.25, -0.2) is 4.84 Å². The van der Waals surface area contributed by atoms with Gasteiger partial charge in [-0.2, -0.15) is 0 Å². The molecule has 1 fully saturated rings. The lowest BCUT2D eigenvalue weighted by molar-refractivity contribution is -0.0782. The maximum absolute atomic E-state index is 12.1. The second-order valence-corrected chi connectivity index (χ2v) is 6.38. The molecular formula is C19H22N2O3. The van der Waals surface area contributed by atoms with Crippen molar-refractivity contribution >= 4 is 11.8 Å². The first-order valence-electron chi connectivity index (χ1n) is 8.41. The van der Waals surface area contributed by atoms with Crippen molar-refractivity contribution in [2.75, 3.05) is 13.2 Å². The first-order valence-corrected chi connectivity index (χ1v) is 8.41. The monoisotopic (exact) mass is 326 g/mol. The molecule has 1 saturated heterocycles. The minimum absolute atomic E-state index is 0.0298. The summed E-state index contributed by atoms with van der Waals surface area (Å²) in [7, 11) is 0. The zero-order chi connectivity index (χ0) is 17.1. The Kier molecular flexibility index (Phi) is 4.98. The van der Waals surface area contributed by atoms with Crippen LogP contribution >= 0.6 is 0 Å². The van der Waals surface area contributed by atoms with Crippen molar-refractivity contribution in [3.05, 3.63) is 35.4 Å². The number of likely N-dealkylation sites (tertiary alicyclic amines) is 1. The summed E-state index contributed by atoms with van der Waals surface area (Å²) in [5.41, 5.74) is 0.762. The summed E-state index contributed by atoms with van der Waals surface area (Å²) in [4.78, 5) is 31.9. The van der Waals surface area contributed by atoms with Gasteiger partial charge in [0.1, 0.15) is 6.61 Å². The lowest BCUT2D eigenvalue weighted by atomic mass is 9.98. The Morgan fingerprint density at radius 2 is 1.62 bits per heavy atom. The van der Waals surface area contributed by atoms with E-state index in [9.17, 15) is 9.59 Å². The molecule has 2 unspecified atom stereocenters. The molecular weight excluding hydrogens is 304 g/mol. The third-order valence-electron chi connectivity index (χ3n) is 4.79. The first kappa shape index (κ1) is 16.7. The Bertz CT molecular complexity index is 659. The molecule has 24 heavy (non-hydrogen) atoms. The van der Waals surface area contributed by atoms with Crippen LogP contribution in [0.3, 0.4) is 0 Å². The first-order chi connectivity index (χ1) is 11.6. The Labute approximate surface area is 142 Å². The number of rotatable bonds is 3. The fourth-order valence-electron chi connectivity index (χ4n) is 3.37. The van der Waals surface area contributed by atoms with E-state index in [-0.39, 0.29) is 6.61 Å². The number of amides is 2. The van der Waals surface area contributed by atoms with E-state index in [4.69, 9.17) is 4.84 Å². The maximum atomic E-state index is 12.1. The maximum Gasteiger partial charge on any atom is 0.285 e. The largest absolute Gasteiger partial charge is 0.287 e. The molecule has 2 aliphatic heterocycles. The van der Waals surface area contributed by atoms with E-state index in [1.807, 2.05) is 0 Å². The number of imide groups is 1. The van der Waals surface area contributed by atoms with Gasteiger partial charge in [0.05, 0.1) is 17.7 Å². The second-order valence-electron chi connectivity index (χ2n) is 6.38. The van der Waals surface area contributed by atoms with Crippen molar-refractivity contribution in [2.24, 2.45) is 0 Å². The number of nitrogens with zero attached hydrogens (tertiary/aromatic N) is 2. The molecule has 2 atom stereocenters. The van der Waals surface area contributed by atoms with Crippen molar-refractivity contribution in [3.8, 4) is 11.8 Å². The van der Waals surface area contributed by atoms with Gasteiger partial charge in [0.25, 0.3) is 11.8 Å². The molecule has 5 nitrogen and oxygen atoms in total. The summed E-state index contributed by atoms with van der Waals surface area (Å²) >= 11 is 0. The van der Waals surface area contributed by atoms with Gasteiger partial charge in [-0.3, -0.25) is 14.5 Å². The highest BCUT2D eigenvalue weighted by Crippen LogP contribution is 2.23. The third kappa shape index (κ3) is 3.21. The van der Waals surface area contributed by atoms with Gasteiger partial charge in [0.15, 0.2) is 0 Å². The van der Waals surface area contributed by atoms with E-state index in [1.54, 1.807) is 24.3 Å². The van der Waals surface area contributed by atoms with Gasteiger partial charge in [0.2, 0.25) is 0 Å². The average Bonchev–Trinajstić information content (AvgIpc) is 2.82. The second kappa shape index (κ2) is 7.16. The molecule has 2 aliphatic rings. The number of benzene rings is 1. The predicted octanol–water partition coefficient (Wildman–Crippen LogP) is 2.48. The van der Waals surface area contributed by atoms with Crippen LogP contribution in [-0.4, -0.2) is 47.0 Å². The number of hydrogen-bond acceptors (Lipinski definition) is 4. The SMILES string of the molecule is CC1CCCC(C)N1CC#CCON1C(=O)c2ccccc2C1=O. The molecule has 1 aromatic rings. The minimum Gasteiger partial charge on any atom is -0.287 e. The molecule has 0 aliphatic carbocycles. The van der Waals surface area contributed by atoms with E-state index in [0.29, 0.717) is 29.8 Å². The van der Waals surface area contributed by atoms with E-state index < -0.39 is 11.8 Å². The molecule has 0 radical (unpaired) electrons. The lowest BCUT2D eigenvalue weighted by Crippen LogP contribution is -2.43. The predicted molar refractivity (Wildman–Crippen MR) is 90.2 cm³/mol. The summed E-state index contributed by atoms with van der Waals surface area (Å²) in [6, 6.07) is 7.80. The van der Waals surface area contributed by atoms with Crippen LogP contribution < -0.4 is 0 Å². The molecule has 5 heteroatoms. The fourth-order valence-corrected chi connectivity index (χ4v) is 3.37. The standard InChI is InChI=1S/C19H22N2O3/c1-14-8-7-9-15(2)20(14)12-5-6-13-24-21-18(22)16-10-3-4-11-17(16)19(21)23/h3-4,10-11,14-15H,7-9,12-13H2,1-2H3. The Balaban J connectivity index is 1.53. The molecule has 2 amide bonds. The highest BCUT2D eigenvalue weighted by atomic mass is 16.7. The van der Waals surface area contributed by atoms with E-state index in [2.05, 4.69) is 30.6 Å². The molecule has 0 saturated carbocycles. The lowest BCUT2D eigenvalue weighted by Gasteiger charge is -2.37. The van der Waals surface area contributed by atoms with E-state index in [0.717, 1.165) is 5.06 Å². The number of hydroxylamine groups is 2. The summed E-state index contributed by atoms with van der Waals surface area (Å²) < 4.78 is 0.